The Hall–Kier alpha value is -2.94. The minimum Gasteiger partial charge on any atom is -0.494 e. The van der Waals surface area contributed by atoms with E-state index in [1.54, 1.807) is 43.3 Å². The number of methoxy groups -OCH3 is 1. The van der Waals surface area contributed by atoms with E-state index in [2.05, 4.69) is 19.2 Å². The Morgan fingerprint density at radius 3 is 2.00 bits per heavy atom. The average Bonchev–Trinajstić information content (AvgIpc) is 3.03. The molecule has 0 aromatic heterocycles. The Kier molecular flexibility index (Phi) is 20.9. The van der Waals surface area contributed by atoms with Gasteiger partial charge in [-0.3, -0.25) is 9.59 Å². The van der Waals surface area contributed by atoms with Crippen LogP contribution in [0.4, 0.5) is 4.39 Å². The van der Waals surface area contributed by atoms with Gasteiger partial charge in [-0.15, -0.1) is 0 Å². The maximum Gasteiger partial charge on any atom is 0.326 e. The van der Waals surface area contributed by atoms with E-state index in [0.717, 1.165) is 51.4 Å². The van der Waals surface area contributed by atoms with Gasteiger partial charge in [0.25, 0.3) is 0 Å². The maximum absolute atomic E-state index is 14.8. The predicted octanol–water partition coefficient (Wildman–Crippen LogP) is 8.71. The van der Waals surface area contributed by atoms with Gasteiger partial charge in [0.15, 0.2) is 0 Å². The van der Waals surface area contributed by atoms with Crippen LogP contribution in [0.2, 0.25) is 0 Å². The van der Waals surface area contributed by atoms with Gasteiger partial charge in [-0.25, -0.2) is 9.18 Å². The minimum atomic E-state index is -1.51. The van der Waals surface area contributed by atoms with Gasteiger partial charge in [-0.05, 0) is 70.1 Å². The molecule has 1 rings (SSSR count). The lowest BCUT2D eigenvalue weighted by molar-refractivity contribution is -0.155. The molecule has 4 atom stereocenters. The molecule has 0 fully saturated rings. The van der Waals surface area contributed by atoms with Crippen LogP contribution in [-0.2, 0) is 25.5 Å². The van der Waals surface area contributed by atoms with Crippen LogP contribution < -0.4 is 10.1 Å². The highest BCUT2D eigenvalue weighted by atomic mass is 19.1. The molecule has 0 aliphatic heterocycles. The third-order valence-electron chi connectivity index (χ3n) is 8.98. The fraction of sp³-hybridized carbons (Fsp3) is 0.711. The number of carboxylic acids is 2. The normalized spacial score (nSPS) is 15.4. The van der Waals surface area contributed by atoms with Crippen molar-refractivity contribution in [3.63, 3.8) is 0 Å². The molecule has 3 N–H and O–H groups in total. The summed E-state index contributed by atoms with van der Waals surface area (Å²) >= 11 is 0. The van der Waals surface area contributed by atoms with Crippen LogP contribution in [-0.4, -0.2) is 60.1 Å². The second kappa shape index (κ2) is 23.4. The molecule has 9 heteroatoms. The van der Waals surface area contributed by atoms with Crippen LogP contribution in [0.1, 0.15) is 130 Å². The van der Waals surface area contributed by atoms with E-state index < -0.39 is 40.9 Å². The van der Waals surface area contributed by atoms with Gasteiger partial charge in [0.2, 0.25) is 5.91 Å². The van der Waals surface area contributed by atoms with Gasteiger partial charge >= 0.3 is 11.9 Å². The Labute approximate surface area is 282 Å². The van der Waals surface area contributed by atoms with E-state index in [-0.39, 0.29) is 19.4 Å². The van der Waals surface area contributed by atoms with Crippen molar-refractivity contribution in [3.8, 4) is 5.75 Å². The number of carbonyl (C=O) groups excluding carboxylic acids is 1. The molecule has 0 aliphatic rings. The quantitative estimate of drug-likeness (QED) is 0.0606. The van der Waals surface area contributed by atoms with E-state index in [1.165, 1.54) is 33.3 Å². The molecule has 268 valence electrons. The molecule has 1 aromatic rings. The lowest BCUT2D eigenvalue weighted by Gasteiger charge is -2.32. The first kappa shape index (κ1) is 42.1. The molecule has 8 nitrogen and oxygen atoms in total. The number of amides is 1. The van der Waals surface area contributed by atoms with Crippen molar-refractivity contribution in [2.24, 2.45) is 11.3 Å². The number of carboxylic acid groups (broad SMARTS) is 2. The lowest BCUT2D eigenvalue weighted by atomic mass is 9.73. The maximum atomic E-state index is 14.8. The summed E-state index contributed by atoms with van der Waals surface area (Å²) in [5.74, 6) is -3.46. The summed E-state index contributed by atoms with van der Waals surface area (Å²) in [6.45, 7) is 8.18. The first-order valence-corrected chi connectivity index (χ1v) is 17.7. The van der Waals surface area contributed by atoms with Gasteiger partial charge < -0.3 is 25.0 Å². The fourth-order valence-electron chi connectivity index (χ4n) is 5.62. The Morgan fingerprint density at radius 1 is 0.851 bits per heavy atom. The molecule has 0 aliphatic carbocycles. The highest BCUT2D eigenvalue weighted by Gasteiger charge is 2.44. The van der Waals surface area contributed by atoms with Crippen molar-refractivity contribution >= 4 is 17.8 Å². The summed E-state index contributed by atoms with van der Waals surface area (Å²) in [6, 6.07) is 5.83. The van der Waals surface area contributed by atoms with Crippen LogP contribution in [0.25, 0.3) is 0 Å². The number of benzene rings is 1. The number of hydrogen-bond acceptors (Lipinski definition) is 5. The molecule has 0 saturated carbocycles. The molecule has 0 heterocycles. The topological polar surface area (TPSA) is 122 Å². The second-order valence-corrected chi connectivity index (χ2v) is 13.4. The summed E-state index contributed by atoms with van der Waals surface area (Å²) in [6.07, 6.45) is 16.3. The SMILES string of the molecule is CCCCCCCC(C)(F)CCCCCC/C=C/[C@H](C(=O)N[C@@H](Cc1ccc(OCCCC)cc1)C(=O)O)[C@@](C)(CCOC)C(=O)O. The van der Waals surface area contributed by atoms with Crippen LogP contribution in [0, 0.1) is 11.3 Å². The third kappa shape index (κ3) is 17.2. The first-order valence-electron chi connectivity index (χ1n) is 17.7. The van der Waals surface area contributed by atoms with Gasteiger partial charge in [0, 0.05) is 20.1 Å². The molecule has 0 bridgehead atoms. The zero-order valence-electron chi connectivity index (χ0n) is 29.7. The summed E-state index contributed by atoms with van der Waals surface area (Å²) in [5, 5.41) is 22.7. The van der Waals surface area contributed by atoms with E-state index in [0.29, 0.717) is 37.2 Å². The molecular formula is C38H62FNO7. The molecule has 47 heavy (non-hydrogen) atoms. The van der Waals surface area contributed by atoms with Crippen molar-refractivity contribution < 1.29 is 38.5 Å². The van der Waals surface area contributed by atoms with Gasteiger partial charge in [0.05, 0.1) is 17.9 Å². The molecule has 0 spiro atoms. The molecule has 0 saturated heterocycles. The van der Waals surface area contributed by atoms with E-state index in [4.69, 9.17) is 9.47 Å². The smallest absolute Gasteiger partial charge is 0.326 e. The Bertz CT molecular complexity index is 1060. The molecular weight excluding hydrogens is 601 g/mol. The zero-order valence-corrected chi connectivity index (χ0v) is 29.7. The second-order valence-electron chi connectivity index (χ2n) is 13.4. The van der Waals surface area contributed by atoms with Crippen molar-refractivity contribution in [1.29, 1.82) is 0 Å². The molecule has 1 unspecified atom stereocenters. The summed E-state index contributed by atoms with van der Waals surface area (Å²) < 4.78 is 25.7. The number of ether oxygens (including phenoxy) is 2. The van der Waals surface area contributed by atoms with E-state index in [9.17, 15) is 29.0 Å². The molecule has 1 aromatic carbocycles. The predicted molar refractivity (Wildman–Crippen MR) is 186 cm³/mol. The van der Waals surface area contributed by atoms with E-state index >= 15 is 0 Å². The number of halogens is 1. The summed E-state index contributed by atoms with van der Waals surface area (Å²) in [4.78, 5) is 38.3. The molecule has 1 amide bonds. The van der Waals surface area contributed by atoms with Crippen LogP contribution in [0.5, 0.6) is 5.75 Å². The molecule has 0 radical (unpaired) electrons. The number of carbonyl (C=O) groups is 3. The number of unbranched alkanes of at least 4 members (excludes halogenated alkanes) is 9. The van der Waals surface area contributed by atoms with Crippen molar-refractivity contribution in [1.82, 2.24) is 5.32 Å². The average molecular weight is 664 g/mol. The standard InChI is InChI=1S/C38H62FNO7/c1-6-8-10-14-17-24-37(3,39)25-18-15-12-11-13-16-19-32(38(4,36(44)45)26-28-46-5)34(41)40-33(35(42)43)29-30-20-22-31(23-21-30)47-27-9-7-2/h16,19-23,32-33H,6-15,17-18,24-29H2,1-5H3,(H,40,41)(H,42,43)(H,44,45)/b19-16+/t32-,33+,37?,38-/m1/s1. The number of nitrogens with one attached hydrogen (secondary N) is 1. The van der Waals surface area contributed by atoms with Crippen molar-refractivity contribution in [2.75, 3.05) is 20.3 Å². The Balaban J connectivity index is 2.82. The zero-order chi connectivity index (χ0) is 35.1. The van der Waals surface area contributed by atoms with Gasteiger partial charge in [-0.1, -0.05) is 95.9 Å². The highest BCUT2D eigenvalue weighted by Crippen LogP contribution is 2.34. The van der Waals surface area contributed by atoms with Crippen molar-refractivity contribution in [3.05, 3.63) is 42.0 Å². The summed E-state index contributed by atoms with van der Waals surface area (Å²) in [5.41, 5.74) is -1.94. The number of aliphatic carboxylic acids is 2. The number of rotatable bonds is 28. The first-order chi connectivity index (χ1) is 22.4. The van der Waals surface area contributed by atoms with Crippen LogP contribution in [0.3, 0.4) is 0 Å². The summed E-state index contributed by atoms with van der Waals surface area (Å²) in [7, 11) is 1.47. The third-order valence-corrected chi connectivity index (χ3v) is 8.98. The van der Waals surface area contributed by atoms with Gasteiger partial charge in [0.1, 0.15) is 17.5 Å². The van der Waals surface area contributed by atoms with Gasteiger partial charge in [-0.2, -0.15) is 0 Å². The van der Waals surface area contributed by atoms with Crippen LogP contribution in [0.15, 0.2) is 36.4 Å². The lowest BCUT2D eigenvalue weighted by Crippen LogP contribution is -2.50. The number of alkyl halides is 1. The van der Waals surface area contributed by atoms with Crippen LogP contribution >= 0.6 is 0 Å². The minimum absolute atomic E-state index is 0.0331. The largest absolute Gasteiger partial charge is 0.494 e. The van der Waals surface area contributed by atoms with Crippen molar-refractivity contribution in [2.45, 2.75) is 142 Å². The monoisotopic (exact) mass is 663 g/mol. The number of allylic oxidation sites excluding steroid dienone is 1. The van der Waals surface area contributed by atoms with E-state index in [1.807, 2.05) is 0 Å². The highest BCUT2D eigenvalue weighted by molar-refractivity contribution is 5.91. The number of hydrogen-bond donors (Lipinski definition) is 3. The fourth-order valence-corrected chi connectivity index (χ4v) is 5.62. The Morgan fingerprint density at radius 2 is 1.45 bits per heavy atom.